The first-order chi connectivity index (χ1) is 7.77. The molecule has 4 nitrogen and oxygen atoms in total. The fourth-order valence-corrected chi connectivity index (χ4v) is 1.49. The maximum atomic E-state index is 11.5. The Hall–Kier alpha value is -1.29. The first kappa shape index (κ1) is 12.8. The highest BCUT2D eigenvalue weighted by Gasteiger charge is 2.04. The van der Waals surface area contributed by atoms with Crippen LogP contribution in [-0.4, -0.2) is 23.6 Å². The third kappa shape index (κ3) is 4.06. The van der Waals surface area contributed by atoms with Crippen LogP contribution in [-0.2, 0) is 17.9 Å². The fourth-order valence-electron chi connectivity index (χ4n) is 1.49. The Morgan fingerprint density at radius 2 is 2.25 bits per heavy atom. The Kier molecular flexibility index (Phi) is 5.64. The molecule has 0 saturated heterocycles. The predicted molar refractivity (Wildman–Crippen MR) is 65.1 cm³/mol. The molecule has 1 heterocycles. The number of hydrogen-bond donors (Lipinski definition) is 2. The molecule has 0 bridgehead atoms. The van der Waals surface area contributed by atoms with Crippen LogP contribution < -0.4 is 10.6 Å². The molecule has 1 aromatic rings. The van der Waals surface area contributed by atoms with Gasteiger partial charge in [0.15, 0.2) is 0 Å². The molecule has 1 amide bonds. The van der Waals surface area contributed by atoms with E-state index in [1.807, 2.05) is 29.8 Å². The zero-order valence-electron chi connectivity index (χ0n) is 10.1. The molecule has 0 fully saturated rings. The molecule has 1 aromatic heterocycles. The van der Waals surface area contributed by atoms with Crippen molar-refractivity contribution in [1.29, 1.82) is 0 Å². The van der Waals surface area contributed by atoms with Gasteiger partial charge in [0, 0.05) is 25.0 Å². The summed E-state index contributed by atoms with van der Waals surface area (Å²) in [5.41, 5.74) is 1.15. The molecule has 0 aliphatic carbocycles. The minimum Gasteiger partial charge on any atom is -0.355 e. The van der Waals surface area contributed by atoms with Crippen LogP contribution >= 0.6 is 0 Å². The van der Waals surface area contributed by atoms with E-state index in [4.69, 9.17) is 0 Å². The quantitative estimate of drug-likeness (QED) is 0.727. The molecular weight excluding hydrogens is 202 g/mol. The second kappa shape index (κ2) is 7.06. The summed E-state index contributed by atoms with van der Waals surface area (Å²) in [4.78, 5) is 11.5. The van der Waals surface area contributed by atoms with Crippen LogP contribution in [0.25, 0.3) is 0 Å². The van der Waals surface area contributed by atoms with Gasteiger partial charge in [0.2, 0.25) is 5.91 Å². The Balaban J connectivity index is 2.46. The SMILES string of the molecule is CCCNC(=O)Cn1cccc1CNCC. The van der Waals surface area contributed by atoms with Crippen molar-refractivity contribution in [3.63, 3.8) is 0 Å². The lowest BCUT2D eigenvalue weighted by Gasteiger charge is -2.09. The molecule has 16 heavy (non-hydrogen) atoms. The van der Waals surface area contributed by atoms with Crippen LogP contribution in [0.5, 0.6) is 0 Å². The van der Waals surface area contributed by atoms with Crippen molar-refractivity contribution in [1.82, 2.24) is 15.2 Å². The van der Waals surface area contributed by atoms with Crippen LogP contribution in [0.15, 0.2) is 18.3 Å². The number of nitrogens with one attached hydrogen (secondary N) is 2. The van der Waals surface area contributed by atoms with Gasteiger partial charge >= 0.3 is 0 Å². The number of nitrogens with zero attached hydrogens (tertiary/aromatic N) is 1. The molecule has 4 heteroatoms. The molecule has 0 atom stereocenters. The van der Waals surface area contributed by atoms with Gasteiger partial charge in [0.1, 0.15) is 6.54 Å². The van der Waals surface area contributed by atoms with Gasteiger partial charge < -0.3 is 15.2 Å². The standard InChI is InChI=1S/C12H21N3O/c1-3-7-14-12(16)10-15-8-5-6-11(15)9-13-4-2/h5-6,8,13H,3-4,7,9-10H2,1-2H3,(H,14,16). The highest BCUT2D eigenvalue weighted by Crippen LogP contribution is 2.01. The van der Waals surface area contributed by atoms with Crippen molar-refractivity contribution in [3.8, 4) is 0 Å². The highest BCUT2D eigenvalue weighted by molar-refractivity contribution is 5.75. The first-order valence-corrected chi connectivity index (χ1v) is 5.89. The van der Waals surface area contributed by atoms with Crippen LogP contribution in [0.1, 0.15) is 26.0 Å². The van der Waals surface area contributed by atoms with Crippen molar-refractivity contribution in [3.05, 3.63) is 24.0 Å². The molecule has 1 rings (SSSR count). The average molecular weight is 223 g/mol. The topological polar surface area (TPSA) is 46.1 Å². The Morgan fingerprint density at radius 1 is 1.44 bits per heavy atom. The molecular formula is C12H21N3O. The second-order valence-electron chi connectivity index (χ2n) is 3.76. The van der Waals surface area contributed by atoms with Crippen molar-refractivity contribution in [2.24, 2.45) is 0 Å². The summed E-state index contributed by atoms with van der Waals surface area (Å²) in [6.07, 6.45) is 2.92. The van der Waals surface area contributed by atoms with Crippen LogP contribution in [0.3, 0.4) is 0 Å². The van der Waals surface area contributed by atoms with E-state index in [1.165, 1.54) is 0 Å². The summed E-state index contributed by atoms with van der Waals surface area (Å²) in [6.45, 7) is 7.03. The molecule has 0 unspecified atom stereocenters. The molecule has 0 aromatic carbocycles. The van der Waals surface area contributed by atoms with E-state index in [-0.39, 0.29) is 5.91 Å². The van der Waals surface area contributed by atoms with Gasteiger partial charge in [-0.3, -0.25) is 4.79 Å². The molecule has 2 N–H and O–H groups in total. The lowest BCUT2D eigenvalue weighted by Crippen LogP contribution is -2.29. The van der Waals surface area contributed by atoms with E-state index in [2.05, 4.69) is 17.6 Å². The van der Waals surface area contributed by atoms with Crippen LogP contribution in [0, 0.1) is 0 Å². The summed E-state index contributed by atoms with van der Waals surface area (Å²) in [6, 6.07) is 4.01. The van der Waals surface area contributed by atoms with Crippen molar-refractivity contribution >= 4 is 5.91 Å². The smallest absolute Gasteiger partial charge is 0.239 e. The average Bonchev–Trinajstić information content (AvgIpc) is 2.71. The monoisotopic (exact) mass is 223 g/mol. The zero-order chi connectivity index (χ0) is 11.8. The molecule has 0 aliphatic rings. The number of carbonyl (C=O) groups is 1. The van der Waals surface area contributed by atoms with Gasteiger partial charge in [-0.25, -0.2) is 0 Å². The Bertz CT molecular complexity index is 320. The number of rotatable bonds is 7. The van der Waals surface area contributed by atoms with Gasteiger partial charge in [-0.15, -0.1) is 0 Å². The van der Waals surface area contributed by atoms with Gasteiger partial charge in [-0.2, -0.15) is 0 Å². The summed E-state index contributed by atoms with van der Waals surface area (Å²) in [7, 11) is 0. The second-order valence-corrected chi connectivity index (χ2v) is 3.76. The third-order valence-corrected chi connectivity index (χ3v) is 2.37. The van der Waals surface area contributed by atoms with Crippen LogP contribution in [0.4, 0.5) is 0 Å². The van der Waals surface area contributed by atoms with E-state index < -0.39 is 0 Å². The van der Waals surface area contributed by atoms with Crippen molar-refractivity contribution in [2.45, 2.75) is 33.4 Å². The zero-order valence-corrected chi connectivity index (χ0v) is 10.1. The Morgan fingerprint density at radius 3 is 2.94 bits per heavy atom. The largest absolute Gasteiger partial charge is 0.355 e. The highest BCUT2D eigenvalue weighted by atomic mass is 16.1. The van der Waals surface area contributed by atoms with Crippen molar-refractivity contribution in [2.75, 3.05) is 13.1 Å². The predicted octanol–water partition coefficient (Wildman–Crippen LogP) is 1.12. The van der Waals surface area contributed by atoms with E-state index in [9.17, 15) is 4.79 Å². The number of aromatic nitrogens is 1. The van der Waals surface area contributed by atoms with E-state index in [0.717, 1.165) is 31.7 Å². The number of hydrogen-bond acceptors (Lipinski definition) is 2. The van der Waals surface area contributed by atoms with E-state index in [0.29, 0.717) is 6.54 Å². The number of amides is 1. The van der Waals surface area contributed by atoms with Crippen LogP contribution in [0.2, 0.25) is 0 Å². The van der Waals surface area contributed by atoms with Gasteiger partial charge in [-0.1, -0.05) is 13.8 Å². The Labute approximate surface area is 97.0 Å². The summed E-state index contributed by atoms with van der Waals surface area (Å²) < 4.78 is 1.98. The molecule has 0 saturated carbocycles. The minimum atomic E-state index is 0.0794. The number of carbonyl (C=O) groups excluding carboxylic acids is 1. The summed E-state index contributed by atoms with van der Waals surface area (Å²) in [5, 5.41) is 6.13. The maximum Gasteiger partial charge on any atom is 0.239 e. The van der Waals surface area contributed by atoms with Gasteiger partial charge in [-0.05, 0) is 25.1 Å². The normalized spacial score (nSPS) is 10.4. The van der Waals surface area contributed by atoms with Crippen molar-refractivity contribution < 1.29 is 4.79 Å². The van der Waals surface area contributed by atoms with E-state index >= 15 is 0 Å². The van der Waals surface area contributed by atoms with Gasteiger partial charge in [0.25, 0.3) is 0 Å². The third-order valence-electron chi connectivity index (χ3n) is 2.37. The lowest BCUT2D eigenvalue weighted by molar-refractivity contribution is -0.121. The fraction of sp³-hybridized carbons (Fsp3) is 0.583. The summed E-state index contributed by atoms with van der Waals surface area (Å²) in [5.74, 6) is 0.0794. The minimum absolute atomic E-state index is 0.0794. The lowest BCUT2D eigenvalue weighted by atomic mass is 10.4. The maximum absolute atomic E-state index is 11.5. The molecule has 90 valence electrons. The molecule has 0 spiro atoms. The molecule has 0 radical (unpaired) electrons. The first-order valence-electron chi connectivity index (χ1n) is 5.89. The molecule has 0 aliphatic heterocycles. The van der Waals surface area contributed by atoms with E-state index in [1.54, 1.807) is 0 Å². The van der Waals surface area contributed by atoms with Gasteiger partial charge in [0.05, 0.1) is 0 Å². The summed E-state index contributed by atoms with van der Waals surface area (Å²) >= 11 is 0.